The number of rotatable bonds is 6. The molecule has 2 aromatic rings. The van der Waals surface area contributed by atoms with E-state index in [1.165, 1.54) is 7.11 Å². The number of halogens is 1. The summed E-state index contributed by atoms with van der Waals surface area (Å²) in [7, 11) is 1.49. The summed E-state index contributed by atoms with van der Waals surface area (Å²) in [4.78, 5) is 23.9. The molecular weight excluding hydrogens is 344 g/mol. The van der Waals surface area contributed by atoms with Crippen LogP contribution in [0.3, 0.4) is 0 Å². The maximum Gasteiger partial charge on any atom is 0.265 e. The fraction of sp³-hybridized carbons (Fsp3) is 0.222. The van der Waals surface area contributed by atoms with E-state index in [9.17, 15) is 9.59 Å². The van der Waals surface area contributed by atoms with E-state index in [-0.39, 0.29) is 11.3 Å². The second-order valence-corrected chi connectivity index (χ2v) is 5.89. The summed E-state index contributed by atoms with van der Waals surface area (Å²) in [6.07, 6.45) is -0.872. The molecule has 0 spiro atoms. The van der Waals surface area contributed by atoms with Crippen molar-refractivity contribution in [2.45, 2.75) is 20.0 Å². The third kappa shape index (κ3) is 4.64. The van der Waals surface area contributed by atoms with Crippen LogP contribution in [0.25, 0.3) is 0 Å². The van der Waals surface area contributed by atoms with Crippen molar-refractivity contribution < 1.29 is 19.1 Å². The molecule has 0 aliphatic rings. The lowest BCUT2D eigenvalue weighted by atomic mass is 10.1. The van der Waals surface area contributed by atoms with E-state index in [1.807, 2.05) is 6.92 Å². The molecule has 2 amide bonds. The fourth-order valence-electron chi connectivity index (χ4n) is 2.19. The van der Waals surface area contributed by atoms with Crippen LogP contribution < -0.4 is 20.5 Å². The predicted octanol–water partition coefficient (Wildman–Crippen LogP) is 3.16. The van der Waals surface area contributed by atoms with Gasteiger partial charge in [0.05, 0.1) is 18.4 Å². The van der Waals surface area contributed by atoms with Gasteiger partial charge < -0.3 is 20.5 Å². The van der Waals surface area contributed by atoms with Crippen LogP contribution in [-0.4, -0.2) is 25.0 Å². The summed E-state index contributed by atoms with van der Waals surface area (Å²) in [6.45, 7) is 3.42. The minimum absolute atomic E-state index is 0.214. The molecule has 0 aromatic heterocycles. The number of amides is 2. The lowest BCUT2D eigenvalue weighted by Gasteiger charge is -2.18. The van der Waals surface area contributed by atoms with Gasteiger partial charge in [0.2, 0.25) is 0 Å². The van der Waals surface area contributed by atoms with Crippen LogP contribution in [0.15, 0.2) is 36.4 Å². The Hall–Kier alpha value is -2.73. The van der Waals surface area contributed by atoms with Gasteiger partial charge in [-0.1, -0.05) is 17.7 Å². The van der Waals surface area contributed by atoms with E-state index in [0.717, 1.165) is 5.56 Å². The topological polar surface area (TPSA) is 90.7 Å². The standard InChI is InChI=1S/C18H19ClN2O4/c1-10-4-6-13(17(20)22)16(8-10)25-11(2)18(23)21-14-9-12(19)5-7-15(14)24-3/h4-9,11H,1-3H3,(H2,20,22)(H,21,23). The first-order valence-corrected chi connectivity index (χ1v) is 7.91. The normalized spacial score (nSPS) is 11.5. The zero-order valence-electron chi connectivity index (χ0n) is 14.1. The van der Waals surface area contributed by atoms with Gasteiger partial charge in [-0.3, -0.25) is 9.59 Å². The first-order valence-electron chi connectivity index (χ1n) is 7.53. The van der Waals surface area contributed by atoms with Gasteiger partial charge in [-0.05, 0) is 49.7 Å². The average molecular weight is 363 g/mol. The van der Waals surface area contributed by atoms with Crippen molar-refractivity contribution in [1.29, 1.82) is 0 Å². The van der Waals surface area contributed by atoms with E-state index in [1.54, 1.807) is 43.3 Å². The summed E-state index contributed by atoms with van der Waals surface area (Å²) < 4.78 is 10.8. The van der Waals surface area contributed by atoms with Crippen LogP contribution in [0.1, 0.15) is 22.8 Å². The summed E-state index contributed by atoms with van der Waals surface area (Å²) in [5, 5.41) is 3.15. The van der Waals surface area contributed by atoms with Gasteiger partial charge in [-0.2, -0.15) is 0 Å². The zero-order valence-corrected chi connectivity index (χ0v) is 14.9. The van der Waals surface area contributed by atoms with E-state index < -0.39 is 17.9 Å². The second kappa shape index (κ2) is 7.90. The Morgan fingerprint density at radius 1 is 1.16 bits per heavy atom. The molecule has 0 saturated carbocycles. The van der Waals surface area contributed by atoms with Gasteiger partial charge >= 0.3 is 0 Å². The van der Waals surface area contributed by atoms with Crippen molar-refractivity contribution >= 4 is 29.1 Å². The molecule has 1 unspecified atom stereocenters. The molecule has 2 aromatic carbocycles. The average Bonchev–Trinajstić information content (AvgIpc) is 2.54. The zero-order chi connectivity index (χ0) is 18.6. The number of anilines is 1. The number of hydrogen-bond acceptors (Lipinski definition) is 4. The number of methoxy groups -OCH3 is 1. The second-order valence-electron chi connectivity index (χ2n) is 5.46. The van der Waals surface area contributed by atoms with Gasteiger partial charge in [0, 0.05) is 5.02 Å². The summed E-state index contributed by atoms with van der Waals surface area (Å²) in [5.41, 5.74) is 6.86. The van der Waals surface area contributed by atoms with Crippen molar-refractivity contribution in [3.63, 3.8) is 0 Å². The van der Waals surface area contributed by atoms with Crippen molar-refractivity contribution in [2.24, 2.45) is 5.73 Å². The van der Waals surface area contributed by atoms with Crippen LogP contribution in [-0.2, 0) is 4.79 Å². The molecule has 7 heteroatoms. The molecular formula is C18H19ClN2O4. The molecule has 0 bridgehead atoms. The highest BCUT2D eigenvalue weighted by Crippen LogP contribution is 2.28. The molecule has 6 nitrogen and oxygen atoms in total. The number of hydrogen-bond donors (Lipinski definition) is 2. The molecule has 1 atom stereocenters. The Kier molecular flexibility index (Phi) is 5.88. The Morgan fingerprint density at radius 3 is 2.52 bits per heavy atom. The van der Waals surface area contributed by atoms with Crippen molar-refractivity contribution in [1.82, 2.24) is 0 Å². The van der Waals surface area contributed by atoms with Gasteiger partial charge in [-0.25, -0.2) is 0 Å². The number of primary amides is 1. The molecule has 25 heavy (non-hydrogen) atoms. The number of nitrogens with one attached hydrogen (secondary N) is 1. The monoisotopic (exact) mass is 362 g/mol. The SMILES string of the molecule is COc1ccc(Cl)cc1NC(=O)C(C)Oc1cc(C)ccc1C(N)=O. The third-order valence-corrected chi connectivity index (χ3v) is 3.73. The largest absolute Gasteiger partial charge is 0.495 e. The van der Waals surface area contributed by atoms with Crippen molar-refractivity contribution in [3.8, 4) is 11.5 Å². The Balaban J connectivity index is 2.18. The van der Waals surface area contributed by atoms with Crippen LogP contribution in [0, 0.1) is 6.92 Å². The smallest absolute Gasteiger partial charge is 0.265 e. The van der Waals surface area contributed by atoms with Crippen molar-refractivity contribution in [2.75, 3.05) is 12.4 Å². The van der Waals surface area contributed by atoms with E-state index >= 15 is 0 Å². The third-order valence-electron chi connectivity index (χ3n) is 3.49. The fourth-order valence-corrected chi connectivity index (χ4v) is 2.36. The van der Waals surface area contributed by atoms with Gasteiger partial charge in [0.15, 0.2) is 6.10 Å². The quantitative estimate of drug-likeness (QED) is 0.825. The predicted molar refractivity (Wildman–Crippen MR) is 96.4 cm³/mol. The molecule has 2 rings (SSSR count). The lowest BCUT2D eigenvalue weighted by molar-refractivity contribution is -0.122. The molecule has 132 valence electrons. The molecule has 0 aliphatic heterocycles. The highest BCUT2D eigenvalue weighted by Gasteiger charge is 2.19. The maximum atomic E-state index is 12.4. The van der Waals surface area contributed by atoms with E-state index in [2.05, 4.69) is 5.32 Å². The first-order chi connectivity index (χ1) is 11.8. The van der Waals surface area contributed by atoms with E-state index in [0.29, 0.717) is 16.5 Å². The van der Waals surface area contributed by atoms with Crippen LogP contribution in [0.4, 0.5) is 5.69 Å². The summed E-state index contributed by atoms with van der Waals surface area (Å²) >= 11 is 5.95. The number of nitrogens with two attached hydrogens (primary N) is 1. The molecule has 0 radical (unpaired) electrons. The minimum Gasteiger partial charge on any atom is -0.495 e. The van der Waals surface area contributed by atoms with Gasteiger partial charge in [0.25, 0.3) is 11.8 Å². The molecule has 0 saturated heterocycles. The number of carbonyl (C=O) groups excluding carboxylic acids is 2. The summed E-state index contributed by atoms with van der Waals surface area (Å²) in [5.74, 6) is -0.317. The highest BCUT2D eigenvalue weighted by atomic mass is 35.5. The number of benzene rings is 2. The van der Waals surface area contributed by atoms with Crippen LogP contribution >= 0.6 is 11.6 Å². The minimum atomic E-state index is -0.872. The Labute approximate surface area is 150 Å². The molecule has 0 heterocycles. The molecule has 0 aliphatic carbocycles. The Bertz CT molecular complexity index is 808. The maximum absolute atomic E-state index is 12.4. The first kappa shape index (κ1) is 18.6. The summed E-state index contributed by atoms with van der Waals surface area (Å²) in [6, 6.07) is 9.85. The lowest BCUT2D eigenvalue weighted by Crippen LogP contribution is -2.31. The number of ether oxygens (including phenoxy) is 2. The number of carbonyl (C=O) groups is 2. The number of aryl methyl sites for hydroxylation is 1. The van der Waals surface area contributed by atoms with Gasteiger partial charge in [-0.15, -0.1) is 0 Å². The molecule has 3 N–H and O–H groups in total. The Morgan fingerprint density at radius 2 is 1.88 bits per heavy atom. The van der Waals surface area contributed by atoms with Crippen LogP contribution in [0.5, 0.6) is 11.5 Å². The molecule has 0 fully saturated rings. The van der Waals surface area contributed by atoms with Gasteiger partial charge in [0.1, 0.15) is 11.5 Å². The van der Waals surface area contributed by atoms with Crippen molar-refractivity contribution in [3.05, 3.63) is 52.5 Å². The highest BCUT2D eigenvalue weighted by molar-refractivity contribution is 6.31. The van der Waals surface area contributed by atoms with Crippen LogP contribution in [0.2, 0.25) is 5.02 Å². The van der Waals surface area contributed by atoms with E-state index in [4.69, 9.17) is 26.8 Å².